The first-order valence-corrected chi connectivity index (χ1v) is 8.90. The summed E-state index contributed by atoms with van der Waals surface area (Å²) in [6.45, 7) is 6.15. The fourth-order valence-corrected chi connectivity index (χ4v) is 3.55. The molecular formula is C19H30N2. The van der Waals surface area contributed by atoms with Gasteiger partial charge in [0, 0.05) is 12.1 Å². The SMILES string of the molecule is CCCCN1CCC(NC(c2ccccc2)C2CC2)CC1. The molecule has 0 spiro atoms. The molecular weight excluding hydrogens is 256 g/mol. The van der Waals surface area contributed by atoms with Crippen molar-refractivity contribution in [3.05, 3.63) is 35.9 Å². The van der Waals surface area contributed by atoms with Gasteiger partial charge < -0.3 is 10.2 Å². The molecule has 1 atom stereocenters. The van der Waals surface area contributed by atoms with Gasteiger partial charge in [-0.1, -0.05) is 43.7 Å². The van der Waals surface area contributed by atoms with Gasteiger partial charge in [0.05, 0.1) is 0 Å². The summed E-state index contributed by atoms with van der Waals surface area (Å²) >= 11 is 0. The lowest BCUT2D eigenvalue weighted by molar-refractivity contribution is 0.186. The normalized spacial score (nSPS) is 22.3. The average Bonchev–Trinajstić information content (AvgIpc) is 3.37. The van der Waals surface area contributed by atoms with E-state index in [2.05, 4.69) is 47.5 Å². The van der Waals surface area contributed by atoms with Gasteiger partial charge in [-0.2, -0.15) is 0 Å². The molecule has 1 unspecified atom stereocenters. The van der Waals surface area contributed by atoms with Crippen LogP contribution in [0, 0.1) is 5.92 Å². The third-order valence-electron chi connectivity index (χ3n) is 5.08. The van der Waals surface area contributed by atoms with Gasteiger partial charge >= 0.3 is 0 Å². The molecule has 1 saturated carbocycles. The molecule has 3 rings (SSSR count). The standard InChI is InChI=1S/C19H30N2/c1-2-3-13-21-14-11-18(12-15-21)20-19(17-9-10-17)16-7-5-4-6-8-16/h4-8,17-20H,2-3,9-15H2,1H3. The van der Waals surface area contributed by atoms with Gasteiger partial charge in [0.25, 0.3) is 0 Å². The summed E-state index contributed by atoms with van der Waals surface area (Å²) in [5.41, 5.74) is 1.49. The Bertz CT molecular complexity index is 405. The van der Waals surface area contributed by atoms with Gasteiger partial charge in [-0.15, -0.1) is 0 Å². The van der Waals surface area contributed by atoms with E-state index in [0.29, 0.717) is 12.1 Å². The van der Waals surface area contributed by atoms with Crippen LogP contribution in [-0.4, -0.2) is 30.6 Å². The Kier molecular flexibility index (Phi) is 5.32. The highest BCUT2D eigenvalue weighted by Gasteiger charge is 2.34. The van der Waals surface area contributed by atoms with Crippen LogP contribution in [-0.2, 0) is 0 Å². The molecule has 2 heteroatoms. The number of hydrogen-bond acceptors (Lipinski definition) is 2. The Balaban J connectivity index is 1.51. The van der Waals surface area contributed by atoms with Gasteiger partial charge in [0.15, 0.2) is 0 Å². The van der Waals surface area contributed by atoms with Crippen molar-refractivity contribution in [1.29, 1.82) is 0 Å². The quantitative estimate of drug-likeness (QED) is 0.815. The van der Waals surface area contributed by atoms with E-state index in [9.17, 15) is 0 Å². The predicted molar refractivity (Wildman–Crippen MR) is 89.4 cm³/mol. The van der Waals surface area contributed by atoms with E-state index in [1.807, 2.05) is 0 Å². The molecule has 21 heavy (non-hydrogen) atoms. The molecule has 1 aliphatic heterocycles. The number of rotatable bonds is 7. The van der Waals surface area contributed by atoms with Crippen molar-refractivity contribution < 1.29 is 0 Å². The van der Waals surface area contributed by atoms with Crippen molar-refractivity contribution in [3.8, 4) is 0 Å². The van der Waals surface area contributed by atoms with Crippen LogP contribution in [0.4, 0.5) is 0 Å². The lowest BCUT2D eigenvalue weighted by Gasteiger charge is -2.35. The number of piperidine rings is 1. The summed E-state index contributed by atoms with van der Waals surface area (Å²) in [7, 11) is 0. The van der Waals surface area contributed by atoms with Crippen molar-refractivity contribution in [2.45, 2.75) is 57.5 Å². The zero-order valence-electron chi connectivity index (χ0n) is 13.4. The van der Waals surface area contributed by atoms with Gasteiger partial charge in [-0.3, -0.25) is 0 Å². The first-order valence-electron chi connectivity index (χ1n) is 8.90. The molecule has 1 aromatic rings. The fourth-order valence-electron chi connectivity index (χ4n) is 3.55. The van der Waals surface area contributed by atoms with E-state index >= 15 is 0 Å². The summed E-state index contributed by atoms with van der Waals surface area (Å²) in [6, 6.07) is 12.4. The van der Waals surface area contributed by atoms with Crippen LogP contribution >= 0.6 is 0 Å². The van der Waals surface area contributed by atoms with Crippen LogP contribution in [0.25, 0.3) is 0 Å². The Morgan fingerprint density at radius 1 is 1.10 bits per heavy atom. The lowest BCUT2D eigenvalue weighted by Crippen LogP contribution is -2.44. The predicted octanol–water partition coefficient (Wildman–Crippen LogP) is 3.99. The number of nitrogens with one attached hydrogen (secondary N) is 1. The number of benzene rings is 1. The summed E-state index contributed by atoms with van der Waals surface area (Å²) in [6.07, 6.45) is 8.12. The van der Waals surface area contributed by atoms with Crippen LogP contribution in [0.1, 0.15) is 57.1 Å². The maximum absolute atomic E-state index is 3.98. The molecule has 1 saturated heterocycles. The summed E-state index contributed by atoms with van der Waals surface area (Å²) < 4.78 is 0. The monoisotopic (exact) mass is 286 g/mol. The highest BCUT2D eigenvalue weighted by Crippen LogP contribution is 2.41. The number of unbranched alkanes of at least 4 members (excludes halogenated alkanes) is 1. The van der Waals surface area contributed by atoms with E-state index in [0.717, 1.165) is 5.92 Å². The van der Waals surface area contributed by atoms with Crippen LogP contribution in [0.2, 0.25) is 0 Å². The van der Waals surface area contributed by atoms with Crippen LogP contribution in [0.15, 0.2) is 30.3 Å². The summed E-state index contributed by atoms with van der Waals surface area (Å²) in [4.78, 5) is 2.65. The molecule has 0 amide bonds. The molecule has 1 N–H and O–H groups in total. The van der Waals surface area contributed by atoms with Crippen LogP contribution < -0.4 is 5.32 Å². The van der Waals surface area contributed by atoms with Gasteiger partial charge in [0.2, 0.25) is 0 Å². The number of likely N-dealkylation sites (tertiary alicyclic amines) is 1. The molecule has 2 aliphatic rings. The van der Waals surface area contributed by atoms with E-state index < -0.39 is 0 Å². The van der Waals surface area contributed by atoms with E-state index in [-0.39, 0.29) is 0 Å². The maximum Gasteiger partial charge on any atom is 0.0351 e. The van der Waals surface area contributed by atoms with Crippen molar-refractivity contribution in [2.75, 3.05) is 19.6 Å². The summed E-state index contributed by atoms with van der Waals surface area (Å²) in [5.74, 6) is 0.880. The van der Waals surface area contributed by atoms with Gasteiger partial charge in [-0.05, 0) is 63.2 Å². The van der Waals surface area contributed by atoms with E-state index in [1.54, 1.807) is 0 Å². The van der Waals surface area contributed by atoms with Crippen molar-refractivity contribution >= 4 is 0 Å². The maximum atomic E-state index is 3.98. The van der Waals surface area contributed by atoms with Gasteiger partial charge in [0.1, 0.15) is 0 Å². The summed E-state index contributed by atoms with van der Waals surface area (Å²) in [5, 5.41) is 3.98. The van der Waals surface area contributed by atoms with E-state index in [4.69, 9.17) is 0 Å². The first-order chi connectivity index (χ1) is 10.4. The molecule has 0 bridgehead atoms. The molecule has 0 aromatic heterocycles. The second kappa shape index (κ2) is 7.42. The minimum absolute atomic E-state index is 0.596. The van der Waals surface area contributed by atoms with Crippen molar-refractivity contribution in [1.82, 2.24) is 10.2 Å². The third kappa shape index (κ3) is 4.31. The number of nitrogens with zero attached hydrogens (tertiary/aromatic N) is 1. The largest absolute Gasteiger partial charge is 0.307 e. The second-order valence-corrected chi connectivity index (χ2v) is 6.86. The first kappa shape index (κ1) is 15.1. The Morgan fingerprint density at radius 2 is 1.81 bits per heavy atom. The molecule has 0 radical (unpaired) electrons. The smallest absolute Gasteiger partial charge is 0.0351 e. The van der Waals surface area contributed by atoms with Crippen LogP contribution in [0.3, 0.4) is 0 Å². The molecule has 1 aromatic carbocycles. The van der Waals surface area contributed by atoms with Crippen LogP contribution in [0.5, 0.6) is 0 Å². The minimum atomic E-state index is 0.596. The average molecular weight is 286 g/mol. The highest BCUT2D eigenvalue weighted by atomic mass is 15.1. The molecule has 2 fully saturated rings. The molecule has 1 aliphatic carbocycles. The Hall–Kier alpha value is -0.860. The zero-order valence-corrected chi connectivity index (χ0v) is 13.4. The Labute approximate surface area is 129 Å². The molecule has 116 valence electrons. The zero-order chi connectivity index (χ0) is 14.5. The lowest BCUT2D eigenvalue weighted by atomic mass is 9.98. The van der Waals surface area contributed by atoms with E-state index in [1.165, 1.54) is 63.7 Å². The van der Waals surface area contributed by atoms with Gasteiger partial charge in [-0.25, -0.2) is 0 Å². The topological polar surface area (TPSA) is 15.3 Å². The third-order valence-corrected chi connectivity index (χ3v) is 5.08. The Morgan fingerprint density at radius 3 is 2.43 bits per heavy atom. The number of hydrogen-bond donors (Lipinski definition) is 1. The fraction of sp³-hybridized carbons (Fsp3) is 0.684. The minimum Gasteiger partial charge on any atom is -0.307 e. The molecule has 2 nitrogen and oxygen atoms in total. The molecule has 1 heterocycles. The van der Waals surface area contributed by atoms with Crippen molar-refractivity contribution in [2.24, 2.45) is 5.92 Å². The van der Waals surface area contributed by atoms with Crippen molar-refractivity contribution in [3.63, 3.8) is 0 Å². The highest BCUT2D eigenvalue weighted by molar-refractivity contribution is 5.21. The second-order valence-electron chi connectivity index (χ2n) is 6.86.